The van der Waals surface area contributed by atoms with Crippen molar-refractivity contribution >= 4 is 5.97 Å². The highest BCUT2D eigenvalue weighted by Gasteiger charge is 2.38. The first-order chi connectivity index (χ1) is 9.33. The molecule has 0 saturated carbocycles. The smallest absolute Gasteiger partial charge is 0.312 e. The van der Waals surface area contributed by atoms with Crippen molar-refractivity contribution < 1.29 is 9.53 Å². The summed E-state index contributed by atoms with van der Waals surface area (Å²) in [6.07, 6.45) is 2.21. The molecular weight excluding hydrogens is 250 g/mol. The molecule has 0 aromatic heterocycles. The lowest BCUT2D eigenvalue weighted by molar-refractivity contribution is -0.158. The predicted molar refractivity (Wildman–Crippen MR) is 82.1 cm³/mol. The number of carbonyl (C=O) groups excluding carboxylic acids is 1. The quantitative estimate of drug-likeness (QED) is 0.774. The Morgan fingerprint density at radius 2 is 1.75 bits per heavy atom. The molecule has 1 rings (SSSR count). The summed E-state index contributed by atoms with van der Waals surface area (Å²) in [5, 5.41) is 0. The number of carbonyl (C=O) groups is 1. The number of nitrogens with two attached hydrogens (primary N) is 1. The first-order valence-corrected chi connectivity index (χ1v) is 7.33. The second-order valence-electron chi connectivity index (χ2n) is 6.16. The van der Waals surface area contributed by atoms with Gasteiger partial charge in [-0.1, -0.05) is 44.2 Å². The van der Waals surface area contributed by atoms with Gasteiger partial charge in [-0.25, -0.2) is 0 Å². The van der Waals surface area contributed by atoms with Crippen molar-refractivity contribution in [2.45, 2.75) is 59.1 Å². The molecule has 0 fully saturated rings. The second-order valence-corrected chi connectivity index (χ2v) is 6.16. The average molecular weight is 277 g/mol. The number of hydrogen-bond donors (Lipinski definition) is 1. The van der Waals surface area contributed by atoms with Crippen LogP contribution in [0.5, 0.6) is 0 Å². The maximum absolute atomic E-state index is 12.4. The molecule has 0 heterocycles. The van der Waals surface area contributed by atoms with Crippen LogP contribution in [0.25, 0.3) is 0 Å². The van der Waals surface area contributed by atoms with Crippen molar-refractivity contribution in [3.63, 3.8) is 0 Å². The van der Waals surface area contributed by atoms with Gasteiger partial charge in [-0.05, 0) is 38.7 Å². The Morgan fingerprint density at radius 3 is 2.25 bits per heavy atom. The Morgan fingerprint density at radius 1 is 1.15 bits per heavy atom. The Labute approximate surface area is 122 Å². The summed E-state index contributed by atoms with van der Waals surface area (Å²) < 4.78 is 5.48. The molecule has 0 aliphatic carbocycles. The lowest BCUT2D eigenvalue weighted by atomic mass is 9.75. The van der Waals surface area contributed by atoms with Gasteiger partial charge in [-0.2, -0.15) is 0 Å². The molecular formula is C17H27NO2. The van der Waals surface area contributed by atoms with E-state index in [1.54, 1.807) is 0 Å². The van der Waals surface area contributed by atoms with Crippen LogP contribution in [0.3, 0.4) is 0 Å². The fourth-order valence-corrected chi connectivity index (χ4v) is 2.26. The molecule has 3 heteroatoms. The SMILES string of the molecule is CCC(C)(N)CC(C)(CC)C(=O)OCc1ccccc1. The maximum atomic E-state index is 12.4. The van der Waals surface area contributed by atoms with Crippen LogP contribution < -0.4 is 5.73 Å². The Kier molecular flexibility index (Phi) is 5.75. The molecule has 0 amide bonds. The van der Waals surface area contributed by atoms with E-state index in [4.69, 9.17) is 10.5 Å². The van der Waals surface area contributed by atoms with Crippen molar-refractivity contribution in [3.05, 3.63) is 35.9 Å². The lowest BCUT2D eigenvalue weighted by Crippen LogP contribution is -2.44. The van der Waals surface area contributed by atoms with Crippen molar-refractivity contribution in [2.24, 2.45) is 11.1 Å². The highest BCUT2D eigenvalue weighted by atomic mass is 16.5. The van der Waals surface area contributed by atoms with Gasteiger partial charge >= 0.3 is 5.97 Å². The minimum Gasteiger partial charge on any atom is -0.460 e. The fraction of sp³-hybridized carbons (Fsp3) is 0.588. The zero-order valence-corrected chi connectivity index (χ0v) is 13.1. The van der Waals surface area contributed by atoms with E-state index in [1.165, 1.54) is 0 Å². The molecule has 3 nitrogen and oxygen atoms in total. The van der Waals surface area contributed by atoms with Crippen molar-refractivity contribution in [3.8, 4) is 0 Å². The van der Waals surface area contributed by atoms with E-state index in [1.807, 2.05) is 58.0 Å². The monoisotopic (exact) mass is 277 g/mol. The lowest BCUT2D eigenvalue weighted by Gasteiger charge is -2.34. The van der Waals surface area contributed by atoms with Gasteiger partial charge in [0, 0.05) is 5.54 Å². The number of esters is 1. The fourth-order valence-electron chi connectivity index (χ4n) is 2.26. The van der Waals surface area contributed by atoms with Crippen LogP contribution in [-0.4, -0.2) is 11.5 Å². The molecule has 112 valence electrons. The van der Waals surface area contributed by atoms with Crippen LogP contribution >= 0.6 is 0 Å². The van der Waals surface area contributed by atoms with Crippen molar-refractivity contribution in [1.29, 1.82) is 0 Å². The summed E-state index contributed by atoms with van der Waals surface area (Å²) in [5.41, 5.74) is 6.36. The van der Waals surface area contributed by atoms with Crippen LogP contribution in [0.15, 0.2) is 30.3 Å². The third kappa shape index (κ3) is 4.64. The van der Waals surface area contributed by atoms with Gasteiger partial charge in [0.15, 0.2) is 0 Å². The molecule has 1 aromatic carbocycles. The summed E-state index contributed by atoms with van der Waals surface area (Å²) in [6, 6.07) is 9.74. The molecule has 20 heavy (non-hydrogen) atoms. The van der Waals surface area contributed by atoms with Crippen LogP contribution in [-0.2, 0) is 16.1 Å². The highest BCUT2D eigenvalue weighted by molar-refractivity contribution is 5.76. The van der Waals surface area contributed by atoms with Gasteiger partial charge in [-0.15, -0.1) is 0 Å². The van der Waals surface area contributed by atoms with Crippen LogP contribution in [0, 0.1) is 5.41 Å². The van der Waals surface area contributed by atoms with E-state index < -0.39 is 5.41 Å². The van der Waals surface area contributed by atoms with E-state index in [2.05, 4.69) is 0 Å². The zero-order chi connectivity index (χ0) is 15.2. The Bertz CT molecular complexity index is 428. The average Bonchev–Trinajstić information content (AvgIpc) is 2.45. The third-order valence-corrected chi connectivity index (χ3v) is 4.09. The molecule has 0 aliphatic heterocycles. The summed E-state index contributed by atoms with van der Waals surface area (Å²) >= 11 is 0. The largest absolute Gasteiger partial charge is 0.460 e. The number of ether oxygens (including phenoxy) is 1. The van der Waals surface area contributed by atoms with Crippen LogP contribution in [0.4, 0.5) is 0 Å². The van der Waals surface area contributed by atoms with Crippen LogP contribution in [0.2, 0.25) is 0 Å². The van der Waals surface area contributed by atoms with Gasteiger partial charge < -0.3 is 10.5 Å². The Hall–Kier alpha value is -1.35. The molecule has 2 unspecified atom stereocenters. The van der Waals surface area contributed by atoms with Crippen LogP contribution in [0.1, 0.15) is 52.5 Å². The third-order valence-electron chi connectivity index (χ3n) is 4.09. The summed E-state index contributed by atoms with van der Waals surface area (Å²) in [5.74, 6) is -0.158. The van der Waals surface area contributed by atoms with E-state index >= 15 is 0 Å². The number of benzene rings is 1. The van der Waals surface area contributed by atoms with Gasteiger partial charge in [0.05, 0.1) is 5.41 Å². The van der Waals surface area contributed by atoms with E-state index in [-0.39, 0.29) is 11.5 Å². The van der Waals surface area contributed by atoms with Gasteiger partial charge in [0.25, 0.3) is 0 Å². The first kappa shape index (κ1) is 16.7. The summed E-state index contributed by atoms with van der Waals surface area (Å²) in [4.78, 5) is 12.4. The molecule has 0 radical (unpaired) electrons. The molecule has 0 bridgehead atoms. The summed E-state index contributed by atoms with van der Waals surface area (Å²) in [6.45, 7) is 8.32. The molecule has 0 saturated heterocycles. The molecule has 2 atom stereocenters. The maximum Gasteiger partial charge on any atom is 0.312 e. The summed E-state index contributed by atoms with van der Waals surface area (Å²) in [7, 11) is 0. The number of hydrogen-bond acceptors (Lipinski definition) is 3. The Balaban J connectivity index is 2.67. The van der Waals surface area contributed by atoms with E-state index in [0.29, 0.717) is 13.0 Å². The molecule has 2 N–H and O–H groups in total. The number of rotatable bonds is 7. The minimum atomic E-state index is -0.520. The first-order valence-electron chi connectivity index (χ1n) is 7.33. The normalized spacial score (nSPS) is 17.1. The van der Waals surface area contributed by atoms with E-state index in [9.17, 15) is 4.79 Å². The van der Waals surface area contributed by atoms with Crippen molar-refractivity contribution in [2.75, 3.05) is 0 Å². The highest BCUT2D eigenvalue weighted by Crippen LogP contribution is 2.33. The van der Waals surface area contributed by atoms with Gasteiger partial charge in [0.1, 0.15) is 6.61 Å². The van der Waals surface area contributed by atoms with Crippen molar-refractivity contribution in [1.82, 2.24) is 0 Å². The second kappa shape index (κ2) is 6.89. The standard InChI is InChI=1S/C17H27NO2/c1-5-16(3,13-17(4,18)6-2)15(19)20-12-14-10-8-7-9-11-14/h7-11H,5-6,12-13,18H2,1-4H3. The van der Waals surface area contributed by atoms with Gasteiger partial charge in [0.2, 0.25) is 0 Å². The minimum absolute atomic E-state index is 0.158. The molecule has 1 aromatic rings. The molecule has 0 spiro atoms. The molecule has 0 aliphatic rings. The predicted octanol–water partition coefficient (Wildman–Crippen LogP) is 3.66. The van der Waals surface area contributed by atoms with Gasteiger partial charge in [-0.3, -0.25) is 4.79 Å². The zero-order valence-electron chi connectivity index (χ0n) is 13.1. The topological polar surface area (TPSA) is 52.3 Å². The van der Waals surface area contributed by atoms with E-state index in [0.717, 1.165) is 18.4 Å².